The number of carbonyl (C=O) groups is 2. The molecular formula is C16H23NO4S2. The van der Waals surface area contributed by atoms with Crippen molar-refractivity contribution in [1.29, 1.82) is 0 Å². The summed E-state index contributed by atoms with van der Waals surface area (Å²) in [5.41, 5.74) is 0. The molecule has 1 atom stereocenters. The van der Waals surface area contributed by atoms with Crippen molar-refractivity contribution in [3.63, 3.8) is 0 Å². The molecule has 0 aliphatic rings. The zero-order chi connectivity index (χ0) is 17.1. The lowest BCUT2D eigenvalue weighted by Crippen LogP contribution is -2.42. The lowest BCUT2D eigenvalue weighted by Gasteiger charge is -2.15. The van der Waals surface area contributed by atoms with Crippen molar-refractivity contribution in [3.8, 4) is 5.75 Å². The summed E-state index contributed by atoms with van der Waals surface area (Å²) in [4.78, 5) is 24.6. The number of thioether (sulfide) groups is 2. The molecule has 1 aromatic rings. The van der Waals surface area contributed by atoms with Crippen LogP contribution in [-0.4, -0.2) is 49.4 Å². The van der Waals surface area contributed by atoms with Gasteiger partial charge < -0.3 is 14.8 Å². The molecule has 0 bridgehead atoms. The second-order valence-corrected chi connectivity index (χ2v) is 6.65. The average Bonchev–Trinajstić information content (AvgIpc) is 2.57. The van der Waals surface area contributed by atoms with Gasteiger partial charge in [0, 0.05) is 4.90 Å². The van der Waals surface area contributed by atoms with Crippen LogP contribution in [0.5, 0.6) is 5.75 Å². The fourth-order valence-corrected chi connectivity index (χ4v) is 2.99. The first-order valence-electron chi connectivity index (χ1n) is 7.32. The van der Waals surface area contributed by atoms with Crippen LogP contribution >= 0.6 is 23.5 Å². The number of nitrogens with one attached hydrogen (secondary N) is 1. The van der Waals surface area contributed by atoms with Gasteiger partial charge in [0.2, 0.25) is 5.91 Å². The predicted molar refractivity (Wildman–Crippen MR) is 95.3 cm³/mol. The Labute approximate surface area is 145 Å². The molecule has 7 heteroatoms. The van der Waals surface area contributed by atoms with Gasteiger partial charge in [0.25, 0.3) is 0 Å². The Morgan fingerprint density at radius 2 is 1.96 bits per heavy atom. The van der Waals surface area contributed by atoms with E-state index in [0.29, 0.717) is 13.0 Å². The lowest BCUT2D eigenvalue weighted by molar-refractivity contribution is -0.144. The van der Waals surface area contributed by atoms with Gasteiger partial charge in [0.1, 0.15) is 11.8 Å². The molecule has 1 N–H and O–H groups in total. The van der Waals surface area contributed by atoms with Crippen molar-refractivity contribution in [1.82, 2.24) is 5.32 Å². The summed E-state index contributed by atoms with van der Waals surface area (Å²) < 4.78 is 10.1. The van der Waals surface area contributed by atoms with E-state index in [9.17, 15) is 9.59 Å². The van der Waals surface area contributed by atoms with Gasteiger partial charge in [0.05, 0.1) is 19.5 Å². The Bertz CT molecular complexity index is 493. The summed E-state index contributed by atoms with van der Waals surface area (Å²) in [5.74, 6) is 1.26. The Hall–Kier alpha value is -1.34. The van der Waals surface area contributed by atoms with E-state index < -0.39 is 12.0 Å². The summed E-state index contributed by atoms with van der Waals surface area (Å²) in [5, 5.41) is 2.73. The highest BCUT2D eigenvalue weighted by Gasteiger charge is 2.20. The van der Waals surface area contributed by atoms with Gasteiger partial charge in [-0.15, -0.1) is 11.8 Å². The van der Waals surface area contributed by atoms with Crippen LogP contribution in [0.1, 0.15) is 13.3 Å². The summed E-state index contributed by atoms with van der Waals surface area (Å²) >= 11 is 3.04. The largest absolute Gasteiger partial charge is 0.494 e. The molecule has 0 fully saturated rings. The van der Waals surface area contributed by atoms with Crippen molar-refractivity contribution in [2.45, 2.75) is 24.3 Å². The Morgan fingerprint density at radius 1 is 1.26 bits per heavy atom. The molecule has 1 rings (SSSR count). The van der Waals surface area contributed by atoms with E-state index in [1.807, 2.05) is 37.4 Å². The number of hydrogen-bond donors (Lipinski definition) is 1. The Kier molecular flexibility index (Phi) is 9.63. The van der Waals surface area contributed by atoms with Crippen LogP contribution in [-0.2, 0) is 14.3 Å². The van der Waals surface area contributed by atoms with Gasteiger partial charge in [-0.1, -0.05) is 0 Å². The maximum atomic E-state index is 12.0. The molecule has 0 unspecified atom stereocenters. The molecule has 128 valence electrons. The van der Waals surface area contributed by atoms with E-state index in [1.165, 1.54) is 18.9 Å². The number of hydrogen-bond acceptors (Lipinski definition) is 6. The van der Waals surface area contributed by atoms with E-state index >= 15 is 0 Å². The normalized spacial score (nSPS) is 11.6. The van der Waals surface area contributed by atoms with Crippen LogP contribution in [0.2, 0.25) is 0 Å². The molecule has 0 aliphatic carbocycles. The first-order chi connectivity index (χ1) is 11.1. The summed E-state index contributed by atoms with van der Waals surface area (Å²) in [6, 6.07) is 6.99. The molecular weight excluding hydrogens is 334 g/mol. The molecule has 0 aromatic heterocycles. The quantitative estimate of drug-likeness (QED) is 0.513. The molecule has 0 saturated carbocycles. The van der Waals surface area contributed by atoms with Gasteiger partial charge in [-0.3, -0.25) is 4.79 Å². The van der Waals surface area contributed by atoms with Crippen LogP contribution in [0.3, 0.4) is 0 Å². The van der Waals surface area contributed by atoms with Crippen LogP contribution < -0.4 is 10.1 Å². The van der Waals surface area contributed by atoms with Crippen molar-refractivity contribution in [2.24, 2.45) is 0 Å². The van der Waals surface area contributed by atoms with Crippen molar-refractivity contribution < 1.29 is 19.1 Å². The maximum absolute atomic E-state index is 12.0. The highest BCUT2D eigenvalue weighted by Crippen LogP contribution is 2.21. The van der Waals surface area contributed by atoms with Crippen LogP contribution in [0.4, 0.5) is 0 Å². The maximum Gasteiger partial charge on any atom is 0.328 e. The first-order valence-corrected chi connectivity index (χ1v) is 9.70. The standard InChI is InChI=1S/C16H23NO4S2/c1-4-21-12-5-7-13(8-6-12)23-11-15(18)17-14(9-10-22-3)16(19)20-2/h5-8,14H,4,9-11H2,1-3H3,(H,17,18)/t14-/m0/s1. The van der Waals surface area contributed by atoms with Crippen LogP contribution in [0.25, 0.3) is 0 Å². The van der Waals surface area contributed by atoms with Gasteiger partial charge in [-0.2, -0.15) is 11.8 Å². The fourth-order valence-electron chi connectivity index (χ4n) is 1.81. The highest BCUT2D eigenvalue weighted by molar-refractivity contribution is 8.00. The highest BCUT2D eigenvalue weighted by atomic mass is 32.2. The molecule has 5 nitrogen and oxygen atoms in total. The molecule has 0 saturated heterocycles. The second-order valence-electron chi connectivity index (χ2n) is 4.62. The number of carbonyl (C=O) groups excluding carboxylic acids is 2. The first kappa shape index (κ1) is 19.7. The molecule has 0 aliphatic heterocycles. The second kappa shape index (κ2) is 11.2. The van der Waals surface area contributed by atoms with Gasteiger partial charge in [-0.05, 0) is 49.6 Å². The van der Waals surface area contributed by atoms with Gasteiger partial charge in [0.15, 0.2) is 0 Å². The third kappa shape index (κ3) is 7.65. The number of amides is 1. The smallest absolute Gasteiger partial charge is 0.328 e. The predicted octanol–water partition coefficient (Wildman–Crippen LogP) is 2.59. The van der Waals surface area contributed by atoms with Crippen molar-refractivity contribution in [2.75, 3.05) is 31.5 Å². The third-order valence-corrected chi connectivity index (χ3v) is 4.59. The minimum absolute atomic E-state index is 0.180. The van der Waals surface area contributed by atoms with Gasteiger partial charge in [-0.25, -0.2) is 4.79 Å². The zero-order valence-electron chi connectivity index (χ0n) is 13.7. The number of methoxy groups -OCH3 is 1. The SMILES string of the molecule is CCOc1ccc(SCC(=O)N[C@@H](CCSC)C(=O)OC)cc1. The van der Waals surface area contributed by atoms with Crippen molar-refractivity contribution >= 4 is 35.4 Å². The molecule has 0 radical (unpaired) electrons. The van der Waals surface area contributed by atoms with E-state index in [-0.39, 0.29) is 11.7 Å². The number of esters is 1. The van der Waals surface area contributed by atoms with Crippen LogP contribution in [0, 0.1) is 0 Å². The average molecular weight is 357 g/mol. The Balaban J connectivity index is 2.46. The number of ether oxygens (including phenoxy) is 2. The van der Waals surface area contributed by atoms with Crippen molar-refractivity contribution in [3.05, 3.63) is 24.3 Å². The topological polar surface area (TPSA) is 64.6 Å². The van der Waals surface area contributed by atoms with E-state index in [1.54, 1.807) is 11.8 Å². The molecule has 1 amide bonds. The molecule has 0 heterocycles. The minimum atomic E-state index is -0.583. The van der Waals surface area contributed by atoms with E-state index in [2.05, 4.69) is 5.32 Å². The molecule has 0 spiro atoms. The summed E-state index contributed by atoms with van der Waals surface area (Å²) in [6.45, 7) is 2.56. The van der Waals surface area contributed by atoms with E-state index in [4.69, 9.17) is 9.47 Å². The lowest BCUT2D eigenvalue weighted by atomic mass is 10.2. The number of benzene rings is 1. The number of rotatable bonds is 10. The summed E-state index contributed by atoms with van der Waals surface area (Å²) in [7, 11) is 1.33. The summed E-state index contributed by atoms with van der Waals surface area (Å²) in [6.07, 6.45) is 2.52. The molecule has 1 aromatic carbocycles. The fraction of sp³-hybridized carbons (Fsp3) is 0.500. The Morgan fingerprint density at radius 3 is 2.52 bits per heavy atom. The van der Waals surface area contributed by atoms with Crippen LogP contribution in [0.15, 0.2) is 29.2 Å². The zero-order valence-corrected chi connectivity index (χ0v) is 15.3. The minimum Gasteiger partial charge on any atom is -0.494 e. The van der Waals surface area contributed by atoms with Gasteiger partial charge >= 0.3 is 5.97 Å². The molecule has 23 heavy (non-hydrogen) atoms. The van der Waals surface area contributed by atoms with E-state index in [0.717, 1.165) is 16.4 Å². The monoisotopic (exact) mass is 357 g/mol. The third-order valence-electron chi connectivity index (χ3n) is 2.94.